The van der Waals surface area contributed by atoms with Crippen LogP contribution in [0.1, 0.15) is 58.9 Å². The van der Waals surface area contributed by atoms with Crippen molar-refractivity contribution in [3.05, 3.63) is 12.4 Å². The van der Waals surface area contributed by atoms with Crippen LogP contribution in [0.15, 0.2) is 12.4 Å². The Bertz CT molecular complexity index is 447. The first-order chi connectivity index (χ1) is 10.1. The van der Waals surface area contributed by atoms with E-state index in [9.17, 15) is 4.79 Å². The highest BCUT2D eigenvalue weighted by molar-refractivity contribution is 5.90. The first-order valence-electron chi connectivity index (χ1n) is 8.14. The predicted octanol–water partition coefficient (Wildman–Crippen LogP) is 3.06. The number of likely N-dealkylation sites (tertiary alicyclic amines) is 1. The SMILES string of the molecule is CC(CC(=O)Nc1cnn(C(C)C)c1)N1CCCCCC1. The number of nitrogens with zero attached hydrogens (tertiary/aromatic N) is 3. The Morgan fingerprint density at radius 2 is 1.90 bits per heavy atom. The fraction of sp³-hybridized carbons (Fsp3) is 0.750. The van der Waals surface area contributed by atoms with Gasteiger partial charge in [-0.2, -0.15) is 5.10 Å². The molecule has 1 aromatic heterocycles. The molecule has 1 aromatic rings. The third kappa shape index (κ3) is 4.84. The van der Waals surface area contributed by atoms with Crippen molar-refractivity contribution in [2.45, 2.75) is 65.0 Å². The van der Waals surface area contributed by atoms with Gasteiger partial charge in [0.2, 0.25) is 5.91 Å². The quantitative estimate of drug-likeness (QED) is 0.907. The Morgan fingerprint density at radius 3 is 2.48 bits per heavy atom. The Morgan fingerprint density at radius 1 is 1.24 bits per heavy atom. The van der Waals surface area contributed by atoms with Crippen molar-refractivity contribution in [2.24, 2.45) is 0 Å². The molecule has 1 aliphatic heterocycles. The van der Waals surface area contributed by atoms with E-state index in [1.54, 1.807) is 6.20 Å². The molecule has 1 unspecified atom stereocenters. The van der Waals surface area contributed by atoms with E-state index in [1.807, 2.05) is 10.9 Å². The van der Waals surface area contributed by atoms with Gasteiger partial charge in [0.05, 0.1) is 11.9 Å². The maximum Gasteiger partial charge on any atom is 0.226 e. The molecule has 0 aliphatic carbocycles. The highest BCUT2D eigenvalue weighted by Gasteiger charge is 2.18. The molecule has 1 N–H and O–H groups in total. The third-order valence-corrected chi connectivity index (χ3v) is 4.16. The van der Waals surface area contributed by atoms with Crippen molar-refractivity contribution >= 4 is 11.6 Å². The average molecular weight is 292 g/mol. The molecular formula is C16H28N4O. The number of carbonyl (C=O) groups excluding carboxylic acids is 1. The van der Waals surface area contributed by atoms with Crippen LogP contribution in [0.3, 0.4) is 0 Å². The van der Waals surface area contributed by atoms with Crippen molar-refractivity contribution in [3.63, 3.8) is 0 Å². The second-order valence-electron chi connectivity index (χ2n) is 6.35. The van der Waals surface area contributed by atoms with Gasteiger partial charge in [0, 0.05) is 24.7 Å². The third-order valence-electron chi connectivity index (χ3n) is 4.16. The van der Waals surface area contributed by atoms with Crippen LogP contribution in [0.5, 0.6) is 0 Å². The first kappa shape index (κ1) is 16.0. The second kappa shape index (κ2) is 7.59. The molecule has 21 heavy (non-hydrogen) atoms. The first-order valence-corrected chi connectivity index (χ1v) is 8.14. The average Bonchev–Trinajstić information content (AvgIpc) is 2.73. The molecule has 1 aliphatic rings. The van der Waals surface area contributed by atoms with Gasteiger partial charge in [0.25, 0.3) is 0 Å². The summed E-state index contributed by atoms with van der Waals surface area (Å²) in [5.41, 5.74) is 0.789. The van der Waals surface area contributed by atoms with Crippen molar-refractivity contribution in [3.8, 4) is 0 Å². The largest absolute Gasteiger partial charge is 0.323 e. The molecule has 1 saturated heterocycles. The van der Waals surface area contributed by atoms with Crippen LogP contribution in [-0.2, 0) is 4.79 Å². The van der Waals surface area contributed by atoms with Crippen molar-refractivity contribution in [1.82, 2.24) is 14.7 Å². The van der Waals surface area contributed by atoms with Crippen LogP contribution in [0.25, 0.3) is 0 Å². The molecule has 0 radical (unpaired) electrons. The van der Waals surface area contributed by atoms with Gasteiger partial charge in [-0.25, -0.2) is 0 Å². The van der Waals surface area contributed by atoms with Gasteiger partial charge >= 0.3 is 0 Å². The van der Waals surface area contributed by atoms with E-state index < -0.39 is 0 Å². The Kier molecular flexibility index (Phi) is 5.79. The van der Waals surface area contributed by atoms with E-state index >= 15 is 0 Å². The highest BCUT2D eigenvalue weighted by atomic mass is 16.1. The maximum atomic E-state index is 12.2. The summed E-state index contributed by atoms with van der Waals surface area (Å²) in [5.74, 6) is 0.0788. The molecule has 0 aromatic carbocycles. The lowest BCUT2D eigenvalue weighted by atomic mass is 10.2. The van der Waals surface area contributed by atoms with Gasteiger partial charge in [-0.15, -0.1) is 0 Å². The van der Waals surface area contributed by atoms with Gasteiger partial charge in [-0.1, -0.05) is 12.8 Å². The lowest BCUT2D eigenvalue weighted by Gasteiger charge is -2.27. The second-order valence-corrected chi connectivity index (χ2v) is 6.35. The van der Waals surface area contributed by atoms with Gasteiger partial charge in [-0.05, 0) is 46.7 Å². The minimum absolute atomic E-state index is 0.0788. The van der Waals surface area contributed by atoms with Gasteiger partial charge in [0.1, 0.15) is 0 Å². The van der Waals surface area contributed by atoms with Gasteiger partial charge in [-0.3, -0.25) is 9.48 Å². The van der Waals surface area contributed by atoms with Gasteiger partial charge < -0.3 is 10.2 Å². The normalized spacial score (nSPS) is 18.5. The van der Waals surface area contributed by atoms with Crippen LogP contribution in [-0.4, -0.2) is 39.7 Å². The smallest absolute Gasteiger partial charge is 0.226 e. The molecule has 0 spiro atoms. The number of aromatic nitrogens is 2. The Balaban J connectivity index is 1.82. The van der Waals surface area contributed by atoms with Crippen LogP contribution >= 0.6 is 0 Å². The molecule has 1 amide bonds. The summed E-state index contributed by atoms with van der Waals surface area (Å²) in [6, 6.07) is 0.620. The van der Waals surface area contributed by atoms with Crippen LogP contribution in [0, 0.1) is 0 Å². The minimum atomic E-state index is 0.0788. The Hall–Kier alpha value is -1.36. The molecule has 0 saturated carbocycles. The summed E-state index contributed by atoms with van der Waals surface area (Å²) >= 11 is 0. The number of nitrogens with one attached hydrogen (secondary N) is 1. The van der Waals surface area contributed by atoms with E-state index in [0.717, 1.165) is 18.8 Å². The lowest BCUT2D eigenvalue weighted by molar-refractivity contribution is -0.117. The molecule has 0 bridgehead atoms. The number of hydrogen-bond acceptors (Lipinski definition) is 3. The molecule has 2 heterocycles. The molecule has 1 fully saturated rings. The van der Waals surface area contributed by atoms with Crippen LogP contribution < -0.4 is 5.32 Å². The summed E-state index contributed by atoms with van der Waals surface area (Å²) in [7, 11) is 0. The molecule has 5 nitrogen and oxygen atoms in total. The molecule has 1 atom stereocenters. The molecule has 118 valence electrons. The predicted molar refractivity (Wildman–Crippen MR) is 85.4 cm³/mol. The van der Waals surface area contributed by atoms with E-state index in [1.165, 1.54) is 25.7 Å². The lowest BCUT2D eigenvalue weighted by Crippen LogP contribution is -2.36. The fourth-order valence-electron chi connectivity index (χ4n) is 2.83. The van der Waals surface area contributed by atoms with Crippen molar-refractivity contribution in [2.75, 3.05) is 18.4 Å². The molecular weight excluding hydrogens is 264 g/mol. The Labute approximate surface area is 127 Å². The summed E-state index contributed by atoms with van der Waals surface area (Å²) in [6.07, 6.45) is 9.31. The summed E-state index contributed by atoms with van der Waals surface area (Å²) in [4.78, 5) is 14.6. The number of rotatable bonds is 5. The van der Waals surface area contributed by atoms with Crippen LogP contribution in [0.4, 0.5) is 5.69 Å². The topological polar surface area (TPSA) is 50.2 Å². The zero-order valence-corrected chi connectivity index (χ0v) is 13.5. The number of carbonyl (C=O) groups is 1. The maximum absolute atomic E-state index is 12.2. The minimum Gasteiger partial charge on any atom is -0.323 e. The summed E-state index contributed by atoms with van der Waals surface area (Å²) < 4.78 is 1.86. The standard InChI is InChI=1S/C16H28N4O/c1-13(2)20-12-15(11-17-20)18-16(21)10-14(3)19-8-6-4-5-7-9-19/h11-14H,4-10H2,1-3H3,(H,18,21). The van der Waals surface area contributed by atoms with Gasteiger partial charge in [0.15, 0.2) is 0 Å². The van der Waals surface area contributed by atoms with E-state index in [0.29, 0.717) is 18.5 Å². The zero-order chi connectivity index (χ0) is 15.2. The summed E-state index contributed by atoms with van der Waals surface area (Å²) in [5, 5.41) is 7.20. The monoisotopic (exact) mass is 292 g/mol. The highest BCUT2D eigenvalue weighted by Crippen LogP contribution is 2.15. The fourth-order valence-corrected chi connectivity index (χ4v) is 2.83. The molecule has 5 heteroatoms. The van der Waals surface area contributed by atoms with E-state index in [4.69, 9.17) is 0 Å². The van der Waals surface area contributed by atoms with E-state index in [2.05, 4.69) is 36.1 Å². The summed E-state index contributed by atoms with van der Waals surface area (Å²) in [6.45, 7) is 8.54. The zero-order valence-electron chi connectivity index (χ0n) is 13.5. The number of anilines is 1. The van der Waals surface area contributed by atoms with Crippen molar-refractivity contribution in [1.29, 1.82) is 0 Å². The number of amides is 1. The van der Waals surface area contributed by atoms with Crippen molar-refractivity contribution < 1.29 is 4.79 Å². The van der Waals surface area contributed by atoms with Crippen LogP contribution in [0.2, 0.25) is 0 Å². The van der Waals surface area contributed by atoms with E-state index in [-0.39, 0.29) is 5.91 Å². The molecule has 2 rings (SSSR count). The number of hydrogen-bond donors (Lipinski definition) is 1.